The minimum absolute atomic E-state index is 0.00583. The molecule has 0 spiro atoms. The van der Waals surface area contributed by atoms with Gasteiger partial charge in [-0.3, -0.25) is 4.90 Å². The maximum Gasteiger partial charge on any atom is 0.374 e. The fourth-order valence-corrected chi connectivity index (χ4v) is 2.16. The fraction of sp³-hybridized carbons (Fsp3) is 0.438. The first kappa shape index (κ1) is 15.5. The van der Waals surface area contributed by atoms with Crippen molar-refractivity contribution in [3.8, 4) is 0 Å². The highest BCUT2D eigenvalue weighted by Crippen LogP contribution is 2.28. The summed E-state index contributed by atoms with van der Waals surface area (Å²) in [5.41, 5.74) is 1.47. The van der Waals surface area contributed by atoms with E-state index in [0.717, 1.165) is 10.9 Å². The summed E-state index contributed by atoms with van der Waals surface area (Å²) in [6, 6.07) is 7.52. The van der Waals surface area contributed by atoms with Crippen molar-refractivity contribution in [2.24, 2.45) is 0 Å². The number of nitrogens with zero attached hydrogens (tertiary/aromatic N) is 1. The normalized spacial score (nSPS) is 12.8. The number of para-hydroxylation sites is 1. The van der Waals surface area contributed by atoms with Gasteiger partial charge >= 0.3 is 5.97 Å². The molecule has 0 radical (unpaired) electrons. The number of carbonyl (C=O) groups is 1. The Balaban J connectivity index is 2.43. The lowest BCUT2D eigenvalue weighted by Crippen LogP contribution is -2.31. The van der Waals surface area contributed by atoms with E-state index in [9.17, 15) is 9.90 Å². The molecule has 0 aliphatic carbocycles. The van der Waals surface area contributed by atoms with E-state index in [1.807, 2.05) is 43.1 Å². The van der Waals surface area contributed by atoms with Crippen molar-refractivity contribution in [1.82, 2.24) is 4.90 Å². The average Bonchev–Trinajstić information content (AvgIpc) is 2.85. The Hall–Kier alpha value is -1.85. The third-order valence-electron chi connectivity index (χ3n) is 3.58. The molecule has 1 unspecified atom stereocenters. The molecule has 1 aromatic carbocycles. The van der Waals surface area contributed by atoms with Gasteiger partial charge in [0, 0.05) is 23.5 Å². The van der Waals surface area contributed by atoms with Crippen molar-refractivity contribution >= 4 is 16.9 Å². The Morgan fingerprint density at radius 1 is 1.43 bits per heavy atom. The number of esters is 1. The minimum atomic E-state index is -0.450. The van der Waals surface area contributed by atoms with Crippen LogP contribution in [-0.4, -0.2) is 42.3 Å². The van der Waals surface area contributed by atoms with Gasteiger partial charge in [-0.25, -0.2) is 4.79 Å². The number of aliphatic hydroxyl groups is 1. The second kappa shape index (κ2) is 6.74. The molecule has 0 aliphatic rings. The van der Waals surface area contributed by atoms with Crippen LogP contribution in [-0.2, 0) is 11.3 Å². The summed E-state index contributed by atoms with van der Waals surface area (Å²) in [5.74, 6) is -0.205. The number of fused-ring (bicyclic) bond motifs is 1. The molecule has 21 heavy (non-hydrogen) atoms. The van der Waals surface area contributed by atoms with Gasteiger partial charge in [0.05, 0.1) is 13.2 Å². The van der Waals surface area contributed by atoms with E-state index in [0.29, 0.717) is 18.7 Å². The summed E-state index contributed by atoms with van der Waals surface area (Å²) in [5, 5.41) is 10.2. The van der Waals surface area contributed by atoms with Crippen LogP contribution in [0.1, 0.15) is 30.0 Å². The number of hydrogen-bond acceptors (Lipinski definition) is 5. The van der Waals surface area contributed by atoms with E-state index in [1.54, 1.807) is 6.92 Å². The van der Waals surface area contributed by atoms with Crippen LogP contribution in [0.3, 0.4) is 0 Å². The Labute approximate surface area is 124 Å². The summed E-state index contributed by atoms with van der Waals surface area (Å²) >= 11 is 0. The van der Waals surface area contributed by atoms with E-state index in [1.165, 1.54) is 0 Å². The summed E-state index contributed by atoms with van der Waals surface area (Å²) in [4.78, 5) is 14.0. The molecular weight excluding hydrogens is 270 g/mol. The molecular formula is C16H21NO4. The fourth-order valence-electron chi connectivity index (χ4n) is 2.16. The van der Waals surface area contributed by atoms with Crippen molar-refractivity contribution < 1.29 is 19.1 Å². The zero-order chi connectivity index (χ0) is 15.4. The van der Waals surface area contributed by atoms with Gasteiger partial charge in [-0.05, 0) is 27.0 Å². The molecule has 0 saturated heterocycles. The predicted molar refractivity (Wildman–Crippen MR) is 80.2 cm³/mol. The number of aliphatic hydroxyl groups excluding tert-OH is 1. The monoisotopic (exact) mass is 291 g/mol. The van der Waals surface area contributed by atoms with Gasteiger partial charge in [0.1, 0.15) is 5.58 Å². The predicted octanol–water partition coefficient (Wildman–Crippen LogP) is 2.42. The third kappa shape index (κ3) is 3.25. The van der Waals surface area contributed by atoms with Gasteiger partial charge in [0.25, 0.3) is 0 Å². The molecule has 5 nitrogen and oxygen atoms in total. The molecule has 2 aromatic rings. The topological polar surface area (TPSA) is 62.9 Å². The highest BCUT2D eigenvalue weighted by molar-refractivity contribution is 5.96. The number of ether oxygens (including phenoxy) is 1. The molecule has 2 rings (SSSR count). The lowest BCUT2D eigenvalue weighted by Gasteiger charge is -2.22. The molecule has 1 aromatic heterocycles. The zero-order valence-corrected chi connectivity index (χ0v) is 12.6. The number of furan rings is 1. The van der Waals surface area contributed by atoms with E-state index >= 15 is 0 Å². The number of benzene rings is 1. The zero-order valence-electron chi connectivity index (χ0n) is 12.6. The smallest absolute Gasteiger partial charge is 0.374 e. The molecule has 0 saturated carbocycles. The van der Waals surface area contributed by atoms with Crippen LogP contribution in [0, 0.1) is 0 Å². The van der Waals surface area contributed by atoms with Crippen LogP contribution in [0.2, 0.25) is 0 Å². The molecule has 1 atom stereocenters. The van der Waals surface area contributed by atoms with E-state index in [2.05, 4.69) is 0 Å². The van der Waals surface area contributed by atoms with Crippen LogP contribution >= 0.6 is 0 Å². The standard InChI is InChI=1S/C16H21NO4/c1-4-20-16(19)15-13(9-17(3)11(2)10-18)12-7-5-6-8-14(12)21-15/h5-8,11,18H,4,9-10H2,1-3H3. The third-order valence-corrected chi connectivity index (χ3v) is 3.58. The second-order valence-corrected chi connectivity index (χ2v) is 5.07. The largest absolute Gasteiger partial charge is 0.460 e. The van der Waals surface area contributed by atoms with Crippen LogP contribution in [0.5, 0.6) is 0 Å². The number of rotatable bonds is 6. The van der Waals surface area contributed by atoms with Crippen molar-refractivity contribution in [3.05, 3.63) is 35.6 Å². The molecule has 0 fully saturated rings. The Kier molecular flexibility index (Phi) is 4.98. The number of likely N-dealkylation sites (N-methyl/N-ethyl adjacent to an activating group) is 1. The molecule has 1 heterocycles. The highest BCUT2D eigenvalue weighted by Gasteiger charge is 2.23. The van der Waals surface area contributed by atoms with Crippen molar-refractivity contribution in [2.75, 3.05) is 20.3 Å². The summed E-state index contributed by atoms with van der Waals surface area (Å²) < 4.78 is 10.7. The first-order chi connectivity index (χ1) is 10.1. The van der Waals surface area contributed by atoms with Crippen molar-refractivity contribution in [1.29, 1.82) is 0 Å². The van der Waals surface area contributed by atoms with Crippen LogP contribution < -0.4 is 0 Å². The van der Waals surface area contributed by atoms with Gasteiger partial charge in [-0.2, -0.15) is 0 Å². The molecule has 0 bridgehead atoms. The van der Waals surface area contributed by atoms with Crippen LogP contribution in [0.4, 0.5) is 0 Å². The summed E-state index contributed by atoms with van der Waals surface area (Å²) in [6.07, 6.45) is 0. The summed E-state index contributed by atoms with van der Waals surface area (Å²) in [7, 11) is 1.90. The van der Waals surface area contributed by atoms with E-state index in [-0.39, 0.29) is 18.4 Å². The van der Waals surface area contributed by atoms with Gasteiger partial charge in [0.2, 0.25) is 5.76 Å². The van der Waals surface area contributed by atoms with Crippen LogP contribution in [0.25, 0.3) is 11.0 Å². The van der Waals surface area contributed by atoms with Gasteiger partial charge in [0.15, 0.2) is 0 Å². The van der Waals surface area contributed by atoms with Gasteiger partial charge in [-0.1, -0.05) is 18.2 Å². The Morgan fingerprint density at radius 2 is 2.14 bits per heavy atom. The van der Waals surface area contributed by atoms with E-state index < -0.39 is 5.97 Å². The minimum Gasteiger partial charge on any atom is -0.460 e. The average molecular weight is 291 g/mol. The molecule has 0 amide bonds. The maximum atomic E-state index is 12.1. The van der Waals surface area contributed by atoms with Crippen LogP contribution in [0.15, 0.2) is 28.7 Å². The lowest BCUT2D eigenvalue weighted by atomic mass is 10.1. The second-order valence-electron chi connectivity index (χ2n) is 5.07. The SMILES string of the molecule is CCOC(=O)c1oc2ccccc2c1CN(C)C(C)CO. The van der Waals surface area contributed by atoms with E-state index in [4.69, 9.17) is 9.15 Å². The quantitative estimate of drug-likeness (QED) is 0.828. The number of carbonyl (C=O) groups excluding carboxylic acids is 1. The summed E-state index contributed by atoms with van der Waals surface area (Å²) in [6.45, 7) is 4.55. The lowest BCUT2D eigenvalue weighted by molar-refractivity contribution is 0.0488. The molecule has 0 aliphatic heterocycles. The maximum absolute atomic E-state index is 12.1. The first-order valence-electron chi connectivity index (χ1n) is 7.07. The van der Waals surface area contributed by atoms with Crippen molar-refractivity contribution in [3.63, 3.8) is 0 Å². The molecule has 114 valence electrons. The molecule has 5 heteroatoms. The number of hydrogen-bond donors (Lipinski definition) is 1. The Bertz CT molecular complexity index is 620. The molecule has 1 N–H and O–H groups in total. The Morgan fingerprint density at radius 3 is 2.81 bits per heavy atom. The van der Waals surface area contributed by atoms with Crippen molar-refractivity contribution in [2.45, 2.75) is 26.4 Å². The first-order valence-corrected chi connectivity index (χ1v) is 7.07. The van der Waals surface area contributed by atoms with Gasteiger partial charge in [-0.15, -0.1) is 0 Å². The highest BCUT2D eigenvalue weighted by atomic mass is 16.5. The van der Waals surface area contributed by atoms with Gasteiger partial charge < -0.3 is 14.3 Å².